The van der Waals surface area contributed by atoms with Crippen molar-refractivity contribution in [2.24, 2.45) is 0 Å². The lowest BCUT2D eigenvalue weighted by Gasteiger charge is -2.06. The van der Waals surface area contributed by atoms with Gasteiger partial charge in [0.1, 0.15) is 5.82 Å². The summed E-state index contributed by atoms with van der Waals surface area (Å²) in [5.41, 5.74) is 12.6. The second kappa shape index (κ2) is 2.78. The molecule has 0 unspecified atom stereocenters. The summed E-state index contributed by atoms with van der Waals surface area (Å²) in [6.07, 6.45) is 6.74. The lowest BCUT2D eigenvalue weighted by molar-refractivity contribution is 1.05. The van der Waals surface area contributed by atoms with Crippen LogP contribution in [0, 0.1) is 0 Å². The maximum absolute atomic E-state index is 5.74. The molecule has 0 saturated heterocycles. The van der Waals surface area contributed by atoms with E-state index in [-0.39, 0.29) is 0 Å². The molecule has 0 aliphatic heterocycles. The van der Waals surface area contributed by atoms with E-state index >= 15 is 0 Å². The molecule has 0 aliphatic carbocycles. The Labute approximate surface area is 75.0 Å². The second-order valence-electron chi connectivity index (χ2n) is 2.60. The molecule has 2 heterocycles. The first-order valence-electron chi connectivity index (χ1n) is 3.77. The molecule has 2 aromatic rings. The van der Waals surface area contributed by atoms with Gasteiger partial charge in [-0.1, -0.05) is 0 Å². The summed E-state index contributed by atoms with van der Waals surface area (Å²) in [7, 11) is 0. The lowest BCUT2D eigenvalue weighted by atomic mass is 10.3. The van der Waals surface area contributed by atoms with E-state index in [0.717, 1.165) is 5.69 Å². The van der Waals surface area contributed by atoms with Crippen molar-refractivity contribution in [3.63, 3.8) is 0 Å². The Kier molecular flexibility index (Phi) is 1.63. The summed E-state index contributed by atoms with van der Waals surface area (Å²) in [5, 5.41) is 0. The van der Waals surface area contributed by atoms with Gasteiger partial charge in [-0.2, -0.15) is 0 Å². The van der Waals surface area contributed by atoms with Crippen molar-refractivity contribution in [1.29, 1.82) is 0 Å². The molecule has 5 heteroatoms. The van der Waals surface area contributed by atoms with Crippen molar-refractivity contribution in [2.45, 2.75) is 0 Å². The first-order valence-corrected chi connectivity index (χ1v) is 3.77. The topological polar surface area (TPSA) is 82.8 Å². The predicted molar refractivity (Wildman–Crippen MR) is 50.2 cm³/mol. The molecule has 2 rings (SSSR count). The van der Waals surface area contributed by atoms with Crippen LogP contribution in [0.1, 0.15) is 0 Å². The minimum atomic E-state index is 0.339. The van der Waals surface area contributed by atoms with Crippen LogP contribution < -0.4 is 11.5 Å². The quantitative estimate of drug-likeness (QED) is 0.658. The minimum absolute atomic E-state index is 0.339. The maximum atomic E-state index is 5.74. The minimum Gasteiger partial charge on any atom is -0.394 e. The summed E-state index contributed by atoms with van der Waals surface area (Å²) in [4.78, 5) is 7.78. The molecule has 0 spiro atoms. The third-order valence-corrected chi connectivity index (χ3v) is 1.78. The monoisotopic (exact) mass is 175 g/mol. The van der Waals surface area contributed by atoms with Gasteiger partial charge in [0, 0.05) is 18.6 Å². The fourth-order valence-corrected chi connectivity index (χ4v) is 1.11. The fraction of sp³-hybridized carbons (Fsp3) is 0. The predicted octanol–water partition coefficient (Wildman–Crippen LogP) is 0.432. The number of pyridine rings is 1. The first-order chi connectivity index (χ1) is 6.29. The Morgan fingerprint density at radius 1 is 1.23 bits per heavy atom. The van der Waals surface area contributed by atoms with Crippen LogP contribution in [0.25, 0.3) is 5.69 Å². The Morgan fingerprint density at radius 2 is 2.08 bits per heavy atom. The molecule has 13 heavy (non-hydrogen) atoms. The molecule has 0 amide bonds. The maximum Gasteiger partial charge on any atom is 0.148 e. The van der Waals surface area contributed by atoms with Crippen molar-refractivity contribution in [3.05, 3.63) is 31.0 Å². The molecule has 0 radical (unpaired) electrons. The number of nitrogens with two attached hydrogens (primary N) is 2. The van der Waals surface area contributed by atoms with Gasteiger partial charge in [-0.15, -0.1) is 0 Å². The number of nitrogens with zero attached hydrogens (tertiary/aromatic N) is 3. The van der Waals surface area contributed by atoms with Crippen LogP contribution in [0.4, 0.5) is 11.5 Å². The summed E-state index contributed by atoms with van der Waals surface area (Å²) in [6, 6.07) is 1.79. The van der Waals surface area contributed by atoms with E-state index in [1.54, 1.807) is 35.6 Å². The smallest absolute Gasteiger partial charge is 0.148 e. The highest BCUT2D eigenvalue weighted by Crippen LogP contribution is 2.20. The van der Waals surface area contributed by atoms with Gasteiger partial charge in [0.25, 0.3) is 0 Å². The number of imidazole rings is 1. The van der Waals surface area contributed by atoms with Gasteiger partial charge in [-0.25, -0.2) is 9.97 Å². The third-order valence-electron chi connectivity index (χ3n) is 1.78. The normalized spacial score (nSPS) is 10.2. The first kappa shape index (κ1) is 7.60. The second-order valence-corrected chi connectivity index (χ2v) is 2.60. The van der Waals surface area contributed by atoms with Crippen LogP contribution in [0.2, 0.25) is 0 Å². The SMILES string of the molecule is Nc1nccc(-n2ccnc2)c1N. The van der Waals surface area contributed by atoms with E-state index in [9.17, 15) is 0 Å². The van der Waals surface area contributed by atoms with Gasteiger partial charge in [-0.3, -0.25) is 0 Å². The van der Waals surface area contributed by atoms with Gasteiger partial charge in [-0.05, 0) is 6.07 Å². The van der Waals surface area contributed by atoms with Crippen molar-refractivity contribution in [3.8, 4) is 5.69 Å². The summed E-state index contributed by atoms with van der Waals surface area (Å²) >= 11 is 0. The molecule has 66 valence electrons. The molecular formula is C8H9N5. The van der Waals surface area contributed by atoms with E-state index in [4.69, 9.17) is 11.5 Å². The van der Waals surface area contributed by atoms with E-state index in [1.807, 2.05) is 0 Å². The Bertz CT molecular complexity index is 406. The van der Waals surface area contributed by atoms with E-state index in [2.05, 4.69) is 9.97 Å². The zero-order chi connectivity index (χ0) is 9.26. The van der Waals surface area contributed by atoms with Crippen molar-refractivity contribution in [1.82, 2.24) is 14.5 Å². The molecule has 0 bridgehead atoms. The van der Waals surface area contributed by atoms with Gasteiger partial charge in [0.05, 0.1) is 17.7 Å². The fourth-order valence-electron chi connectivity index (χ4n) is 1.11. The summed E-state index contributed by atoms with van der Waals surface area (Å²) < 4.78 is 1.79. The van der Waals surface area contributed by atoms with Crippen LogP contribution >= 0.6 is 0 Å². The van der Waals surface area contributed by atoms with Crippen molar-refractivity contribution in [2.75, 3.05) is 11.5 Å². The van der Waals surface area contributed by atoms with E-state index in [1.165, 1.54) is 0 Å². The number of rotatable bonds is 1. The van der Waals surface area contributed by atoms with E-state index < -0.39 is 0 Å². The van der Waals surface area contributed by atoms with E-state index in [0.29, 0.717) is 11.5 Å². The highest BCUT2D eigenvalue weighted by molar-refractivity contribution is 5.69. The van der Waals surface area contributed by atoms with Crippen LogP contribution in [0.15, 0.2) is 31.0 Å². The number of hydrogen-bond donors (Lipinski definition) is 2. The average molecular weight is 175 g/mol. The summed E-state index contributed by atoms with van der Waals surface area (Å²) in [6.45, 7) is 0. The molecule has 5 nitrogen and oxygen atoms in total. The number of hydrogen-bond acceptors (Lipinski definition) is 4. The molecular weight excluding hydrogens is 166 g/mol. The van der Waals surface area contributed by atoms with Crippen molar-refractivity contribution < 1.29 is 0 Å². The van der Waals surface area contributed by atoms with Gasteiger partial charge in [0.2, 0.25) is 0 Å². The highest BCUT2D eigenvalue weighted by atomic mass is 15.0. The Morgan fingerprint density at radius 3 is 2.77 bits per heavy atom. The van der Waals surface area contributed by atoms with Crippen LogP contribution in [0.3, 0.4) is 0 Å². The Balaban J connectivity index is 2.59. The highest BCUT2D eigenvalue weighted by Gasteiger charge is 2.03. The van der Waals surface area contributed by atoms with Crippen LogP contribution in [0.5, 0.6) is 0 Å². The molecule has 2 aromatic heterocycles. The van der Waals surface area contributed by atoms with Crippen molar-refractivity contribution >= 4 is 11.5 Å². The molecule has 0 aromatic carbocycles. The molecule has 0 fully saturated rings. The third kappa shape index (κ3) is 1.20. The zero-order valence-electron chi connectivity index (χ0n) is 6.88. The number of aromatic nitrogens is 3. The summed E-state index contributed by atoms with van der Waals surface area (Å²) in [5.74, 6) is 0.339. The molecule has 0 atom stereocenters. The Hall–Kier alpha value is -2.04. The molecule has 4 N–H and O–H groups in total. The standard InChI is InChI=1S/C8H9N5/c9-7-6(1-2-12-8(7)10)13-4-3-11-5-13/h1-5H,9H2,(H2,10,12). The lowest BCUT2D eigenvalue weighted by Crippen LogP contribution is -2.03. The van der Waals surface area contributed by atoms with Gasteiger partial charge >= 0.3 is 0 Å². The molecule has 0 aliphatic rings. The number of anilines is 2. The average Bonchev–Trinajstić information content (AvgIpc) is 2.62. The number of nitrogen functional groups attached to an aromatic ring is 2. The zero-order valence-corrected chi connectivity index (χ0v) is 6.88. The largest absolute Gasteiger partial charge is 0.394 e. The molecule has 0 saturated carbocycles. The van der Waals surface area contributed by atoms with Gasteiger partial charge in [0.15, 0.2) is 0 Å². The van der Waals surface area contributed by atoms with Crippen LogP contribution in [-0.2, 0) is 0 Å². The van der Waals surface area contributed by atoms with Gasteiger partial charge < -0.3 is 16.0 Å². The van der Waals surface area contributed by atoms with Crippen LogP contribution in [-0.4, -0.2) is 14.5 Å².